The van der Waals surface area contributed by atoms with Crippen LogP contribution in [0.25, 0.3) is 5.65 Å². The smallest absolute Gasteiger partial charge is 0.353 e. The van der Waals surface area contributed by atoms with E-state index in [2.05, 4.69) is 15.3 Å². The number of aryl methyl sites for hydroxylation is 2. The standard InChI is InChI=1S/C18H19F3N6O2S/c1-12-3-4-14(11-13(12)2)30(28,29)26-9-7-25(8-10-26)16-6-5-15-22-23-17(18(19,20)21)27(15)24-16/h3-6,11H,7-10H2,1-2H3. The first kappa shape index (κ1) is 20.5. The molecule has 12 heteroatoms. The molecule has 0 N–H and O–H groups in total. The van der Waals surface area contributed by atoms with Crippen LogP contribution in [-0.2, 0) is 16.2 Å². The van der Waals surface area contributed by atoms with Crippen LogP contribution in [-0.4, -0.2) is 58.7 Å². The Bertz CT molecular complexity index is 1200. The molecule has 4 rings (SSSR count). The first-order valence-electron chi connectivity index (χ1n) is 9.19. The van der Waals surface area contributed by atoms with E-state index in [1.54, 1.807) is 29.2 Å². The predicted octanol–water partition coefficient (Wildman–Crippen LogP) is 2.27. The fraction of sp³-hybridized carbons (Fsp3) is 0.389. The lowest BCUT2D eigenvalue weighted by atomic mass is 10.1. The molecule has 0 aliphatic carbocycles. The van der Waals surface area contributed by atoms with Gasteiger partial charge in [0.1, 0.15) is 5.82 Å². The zero-order valence-electron chi connectivity index (χ0n) is 16.3. The highest BCUT2D eigenvalue weighted by molar-refractivity contribution is 7.89. The van der Waals surface area contributed by atoms with Crippen LogP contribution in [0.15, 0.2) is 35.2 Å². The van der Waals surface area contributed by atoms with Gasteiger partial charge in [-0.2, -0.15) is 22.0 Å². The summed E-state index contributed by atoms with van der Waals surface area (Å²) in [5.41, 5.74) is 1.89. The third kappa shape index (κ3) is 3.60. The molecule has 1 saturated heterocycles. The van der Waals surface area contributed by atoms with Gasteiger partial charge in [-0.05, 0) is 49.2 Å². The molecular weight excluding hydrogens is 421 g/mol. The lowest BCUT2D eigenvalue weighted by Gasteiger charge is -2.34. The Labute approximate surface area is 171 Å². The van der Waals surface area contributed by atoms with Gasteiger partial charge >= 0.3 is 6.18 Å². The van der Waals surface area contributed by atoms with E-state index in [1.807, 2.05) is 13.8 Å². The van der Waals surface area contributed by atoms with Gasteiger partial charge in [0, 0.05) is 26.2 Å². The molecule has 160 valence electrons. The maximum Gasteiger partial charge on any atom is 0.453 e. The van der Waals surface area contributed by atoms with Crippen LogP contribution in [0.5, 0.6) is 0 Å². The molecule has 0 saturated carbocycles. The summed E-state index contributed by atoms with van der Waals surface area (Å²) in [6.45, 7) is 4.76. The van der Waals surface area contributed by atoms with Crippen LogP contribution < -0.4 is 4.90 Å². The van der Waals surface area contributed by atoms with Gasteiger partial charge in [0.2, 0.25) is 10.0 Å². The Morgan fingerprint density at radius 3 is 2.27 bits per heavy atom. The molecule has 1 aliphatic heterocycles. The minimum Gasteiger partial charge on any atom is -0.353 e. The highest BCUT2D eigenvalue weighted by Crippen LogP contribution is 2.28. The van der Waals surface area contributed by atoms with Crippen molar-refractivity contribution in [3.8, 4) is 0 Å². The van der Waals surface area contributed by atoms with Crippen LogP contribution in [0.1, 0.15) is 17.0 Å². The van der Waals surface area contributed by atoms with Crippen molar-refractivity contribution in [2.75, 3.05) is 31.1 Å². The molecule has 0 radical (unpaired) electrons. The van der Waals surface area contributed by atoms with E-state index in [4.69, 9.17) is 0 Å². The third-order valence-corrected chi connectivity index (χ3v) is 7.08. The molecule has 0 bridgehead atoms. The van der Waals surface area contributed by atoms with Crippen molar-refractivity contribution in [1.82, 2.24) is 24.1 Å². The van der Waals surface area contributed by atoms with Gasteiger partial charge in [0.15, 0.2) is 5.65 Å². The molecular formula is C18H19F3N6O2S. The SMILES string of the molecule is Cc1ccc(S(=O)(=O)N2CCN(c3ccc4nnc(C(F)(F)F)n4n3)CC2)cc1C. The summed E-state index contributed by atoms with van der Waals surface area (Å²) in [6.07, 6.45) is -4.68. The Morgan fingerprint density at radius 2 is 1.63 bits per heavy atom. The first-order chi connectivity index (χ1) is 14.1. The summed E-state index contributed by atoms with van der Waals surface area (Å²) >= 11 is 0. The lowest BCUT2D eigenvalue weighted by molar-refractivity contribution is -0.146. The molecule has 3 heterocycles. The molecule has 3 aromatic rings. The predicted molar refractivity (Wildman–Crippen MR) is 103 cm³/mol. The molecule has 8 nitrogen and oxygen atoms in total. The number of hydrogen-bond acceptors (Lipinski definition) is 6. The largest absolute Gasteiger partial charge is 0.453 e. The van der Waals surface area contributed by atoms with Crippen LogP contribution in [0.3, 0.4) is 0 Å². The number of sulfonamides is 1. The monoisotopic (exact) mass is 440 g/mol. The maximum atomic E-state index is 13.1. The van der Waals surface area contributed by atoms with Crippen molar-refractivity contribution >= 4 is 21.5 Å². The van der Waals surface area contributed by atoms with E-state index in [0.717, 1.165) is 11.1 Å². The molecule has 2 aromatic heterocycles. The second-order valence-electron chi connectivity index (χ2n) is 7.12. The molecule has 0 unspecified atom stereocenters. The maximum absolute atomic E-state index is 13.1. The Morgan fingerprint density at radius 1 is 0.933 bits per heavy atom. The fourth-order valence-electron chi connectivity index (χ4n) is 3.31. The van der Waals surface area contributed by atoms with E-state index in [1.165, 1.54) is 10.4 Å². The van der Waals surface area contributed by atoms with Crippen LogP contribution in [0.2, 0.25) is 0 Å². The van der Waals surface area contributed by atoms with Gasteiger partial charge in [-0.1, -0.05) is 6.07 Å². The molecule has 30 heavy (non-hydrogen) atoms. The second kappa shape index (κ2) is 7.20. The minimum atomic E-state index is -4.68. The zero-order valence-corrected chi connectivity index (χ0v) is 17.1. The zero-order chi connectivity index (χ0) is 21.7. The van der Waals surface area contributed by atoms with Crippen molar-refractivity contribution < 1.29 is 21.6 Å². The van der Waals surface area contributed by atoms with Crippen LogP contribution >= 0.6 is 0 Å². The number of nitrogens with zero attached hydrogens (tertiary/aromatic N) is 6. The Balaban J connectivity index is 1.54. The van der Waals surface area contributed by atoms with Gasteiger partial charge in [0.05, 0.1) is 4.90 Å². The number of anilines is 1. The van der Waals surface area contributed by atoms with Crippen molar-refractivity contribution in [1.29, 1.82) is 0 Å². The van der Waals surface area contributed by atoms with Gasteiger partial charge in [-0.15, -0.1) is 15.3 Å². The lowest BCUT2D eigenvalue weighted by Crippen LogP contribution is -2.49. The van der Waals surface area contributed by atoms with Gasteiger partial charge in [-0.3, -0.25) is 0 Å². The Kier molecular flexibility index (Phi) is 4.93. The fourth-order valence-corrected chi connectivity index (χ4v) is 4.81. The van der Waals surface area contributed by atoms with E-state index >= 15 is 0 Å². The summed E-state index contributed by atoms with van der Waals surface area (Å²) in [4.78, 5) is 1.98. The van der Waals surface area contributed by atoms with Crippen LogP contribution in [0, 0.1) is 13.8 Å². The van der Waals surface area contributed by atoms with E-state index in [-0.39, 0.29) is 23.6 Å². The number of alkyl halides is 3. The summed E-state index contributed by atoms with van der Waals surface area (Å²) in [7, 11) is -3.65. The Hall–Kier alpha value is -2.73. The van der Waals surface area contributed by atoms with Gasteiger partial charge in [-0.25, -0.2) is 8.42 Å². The van der Waals surface area contributed by atoms with Crippen molar-refractivity contribution in [2.45, 2.75) is 24.9 Å². The van der Waals surface area contributed by atoms with Gasteiger partial charge < -0.3 is 4.90 Å². The summed E-state index contributed by atoms with van der Waals surface area (Å²) in [5, 5.41) is 10.7. The minimum absolute atomic E-state index is 0.0120. The first-order valence-corrected chi connectivity index (χ1v) is 10.6. The summed E-state index contributed by atoms with van der Waals surface area (Å²) in [6, 6.07) is 7.97. The number of piperazine rings is 1. The number of benzene rings is 1. The average Bonchev–Trinajstić information content (AvgIpc) is 3.14. The van der Waals surface area contributed by atoms with E-state index in [9.17, 15) is 21.6 Å². The molecule has 1 aliphatic rings. The number of halogens is 3. The van der Waals surface area contributed by atoms with Crippen LogP contribution in [0.4, 0.5) is 19.0 Å². The van der Waals surface area contributed by atoms with Crippen molar-refractivity contribution in [2.24, 2.45) is 0 Å². The topological polar surface area (TPSA) is 83.7 Å². The normalized spacial score (nSPS) is 16.4. The molecule has 1 aromatic carbocycles. The number of fused-ring (bicyclic) bond motifs is 1. The quantitative estimate of drug-likeness (QED) is 0.621. The average molecular weight is 440 g/mol. The molecule has 0 atom stereocenters. The molecule has 1 fully saturated rings. The number of rotatable bonds is 3. The summed E-state index contributed by atoms with van der Waals surface area (Å²) in [5.74, 6) is -0.897. The van der Waals surface area contributed by atoms with Crippen molar-refractivity contribution in [3.63, 3.8) is 0 Å². The van der Waals surface area contributed by atoms with E-state index < -0.39 is 22.0 Å². The highest BCUT2D eigenvalue weighted by Gasteiger charge is 2.38. The second-order valence-corrected chi connectivity index (χ2v) is 9.06. The third-order valence-electron chi connectivity index (χ3n) is 5.18. The molecule has 0 spiro atoms. The molecule has 0 amide bonds. The highest BCUT2D eigenvalue weighted by atomic mass is 32.2. The number of hydrogen-bond donors (Lipinski definition) is 0. The number of aromatic nitrogens is 4. The van der Waals surface area contributed by atoms with E-state index in [0.29, 0.717) is 23.4 Å². The van der Waals surface area contributed by atoms with Gasteiger partial charge in [0.25, 0.3) is 5.82 Å². The summed E-state index contributed by atoms with van der Waals surface area (Å²) < 4.78 is 67.1. The van der Waals surface area contributed by atoms with Crippen molar-refractivity contribution in [3.05, 3.63) is 47.3 Å².